The van der Waals surface area contributed by atoms with E-state index in [9.17, 15) is 4.79 Å². The van der Waals surface area contributed by atoms with Crippen LogP contribution in [0.3, 0.4) is 0 Å². The monoisotopic (exact) mass is 277 g/mol. The van der Waals surface area contributed by atoms with E-state index in [4.69, 9.17) is 16.3 Å². The standard InChI is InChI=1S/C13H12ClN3O2/c1-2-19-10-5-3-9(4-6-10)17-13(18)11-7-16-12(14)8-15-11/h3-8H,2H2,1H3,(H,17,18). The van der Waals surface area contributed by atoms with Gasteiger partial charge in [-0.1, -0.05) is 11.6 Å². The van der Waals surface area contributed by atoms with Gasteiger partial charge in [0.15, 0.2) is 0 Å². The smallest absolute Gasteiger partial charge is 0.275 e. The Hall–Kier alpha value is -2.14. The number of hydrogen-bond acceptors (Lipinski definition) is 4. The molecule has 0 aliphatic heterocycles. The predicted octanol–water partition coefficient (Wildman–Crippen LogP) is 2.78. The van der Waals surface area contributed by atoms with Crippen LogP contribution in [0.25, 0.3) is 0 Å². The fourth-order valence-corrected chi connectivity index (χ4v) is 1.52. The highest BCUT2D eigenvalue weighted by atomic mass is 35.5. The molecular formula is C13H12ClN3O2. The second kappa shape index (κ2) is 6.15. The lowest BCUT2D eigenvalue weighted by molar-refractivity contribution is 0.102. The van der Waals surface area contributed by atoms with Crippen LogP contribution in [0.4, 0.5) is 5.69 Å². The number of nitrogens with one attached hydrogen (secondary N) is 1. The van der Waals surface area contributed by atoms with E-state index in [0.29, 0.717) is 12.3 Å². The van der Waals surface area contributed by atoms with Crippen molar-refractivity contribution >= 4 is 23.2 Å². The largest absolute Gasteiger partial charge is 0.494 e. The van der Waals surface area contributed by atoms with E-state index in [1.807, 2.05) is 6.92 Å². The van der Waals surface area contributed by atoms with Crippen LogP contribution < -0.4 is 10.1 Å². The van der Waals surface area contributed by atoms with Crippen LogP contribution >= 0.6 is 11.6 Å². The van der Waals surface area contributed by atoms with Gasteiger partial charge in [-0.25, -0.2) is 9.97 Å². The highest BCUT2D eigenvalue weighted by Crippen LogP contribution is 2.16. The summed E-state index contributed by atoms with van der Waals surface area (Å²) in [6.45, 7) is 2.51. The van der Waals surface area contributed by atoms with Crippen LogP contribution in [0, 0.1) is 0 Å². The van der Waals surface area contributed by atoms with Crippen LogP contribution in [0.2, 0.25) is 5.15 Å². The quantitative estimate of drug-likeness (QED) is 0.933. The maximum Gasteiger partial charge on any atom is 0.275 e. The topological polar surface area (TPSA) is 64.1 Å². The molecule has 0 atom stereocenters. The fraction of sp³-hybridized carbons (Fsp3) is 0.154. The molecule has 1 N–H and O–H groups in total. The van der Waals surface area contributed by atoms with Crippen molar-refractivity contribution in [2.24, 2.45) is 0 Å². The van der Waals surface area contributed by atoms with Gasteiger partial charge in [0.2, 0.25) is 0 Å². The molecule has 0 aliphatic rings. The van der Waals surface area contributed by atoms with Crippen LogP contribution in [-0.4, -0.2) is 22.5 Å². The predicted molar refractivity (Wildman–Crippen MR) is 72.6 cm³/mol. The van der Waals surface area contributed by atoms with E-state index >= 15 is 0 Å². The first-order valence-electron chi connectivity index (χ1n) is 5.71. The number of anilines is 1. The van der Waals surface area contributed by atoms with Gasteiger partial charge >= 0.3 is 0 Å². The molecule has 1 heterocycles. The van der Waals surface area contributed by atoms with E-state index in [1.54, 1.807) is 24.3 Å². The molecule has 0 radical (unpaired) electrons. The van der Waals surface area contributed by atoms with Crippen molar-refractivity contribution in [2.75, 3.05) is 11.9 Å². The third-order valence-corrected chi connectivity index (χ3v) is 2.47. The Morgan fingerprint density at radius 3 is 2.58 bits per heavy atom. The summed E-state index contributed by atoms with van der Waals surface area (Å²) in [5, 5.41) is 2.95. The summed E-state index contributed by atoms with van der Waals surface area (Å²) in [4.78, 5) is 19.5. The normalized spacial score (nSPS) is 10.0. The Bertz CT molecular complexity index is 555. The molecule has 2 aromatic rings. The summed E-state index contributed by atoms with van der Waals surface area (Å²) in [5.41, 5.74) is 0.864. The Morgan fingerprint density at radius 1 is 1.26 bits per heavy atom. The lowest BCUT2D eigenvalue weighted by Gasteiger charge is -2.06. The van der Waals surface area contributed by atoms with Crippen molar-refractivity contribution in [1.29, 1.82) is 0 Å². The van der Waals surface area contributed by atoms with E-state index in [1.165, 1.54) is 12.4 Å². The van der Waals surface area contributed by atoms with Crippen molar-refractivity contribution in [1.82, 2.24) is 9.97 Å². The van der Waals surface area contributed by atoms with Crippen LogP contribution in [0.15, 0.2) is 36.7 Å². The van der Waals surface area contributed by atoms with Gasteiger partial charge in [-0.15, -0.1) is 0 Å². The lowest BCUT2D eigenvalue weighted by atomic mass is 10.3. The Morgan fingerprint density at radius 2 is 2.00 bits per heavy atom. The van der Waals surface area contributed by atoms with Crippen molar-refractivity contribution in [3.05, 3.63) is 47.5 Å². The molecule has 0 bridgehead atoms. The van der Waals surface area contributed by atoms with Crippen molar-refractivity contribution in [3.8, 4) is 5.75 Å². The zero-order valence-corrected chi connectivity index (χ0v) is 11.0. The molecule has 0 fully saturated rings. The zero-order chi connectivity index (χ0) is 13.7. The maximum atomic E-state index is 11.8. The SMILES string of the molecule is CCOc1ccc(NC(=O)c2cnc(Cl)cn2)cc1. The first-order chi connectivity index (χ1) is 9.19. The average molecular weight is 278 g/mol. The maximum absolute atomic E-state index is 11.8. The minimum atomic E-state index is -0.340. The number of amides is 1. The third kappa shape index (κ3) is 3.66. The number of hydrogen-bond donors (Lipinski definition) is 1. The number of halogens is 1. The minimum Gasteiger partial charge on any atom is -0.494 e. The average Bonchev–Trinajstić information content (AvgIpc) is 2.42. The van der Waals surface area contributed by atoms with E-state index in [0.717, 1.165) is 5.75 Å². The number of aromatic nitrogens is 2. The number of carbonyl (C=O) groups excluding carboxylic acids is 1. The van der Waals surface area contributed by atoms with E-state index in [-0.39, 0.29) is 16.8 Å². The van der Waals surface area contributed by atoms with Crippen LogP contribution in [0.5, 0.6) is 5.75 Å². The highest BCUT2D eigenvalue weighted by molar-refractivity contribution is 6.29. The molecule has 98 valence electrons. The molecular weight excluding hydrogens is 266 g/mol. The Labute approximate surface area is 115 Å². The Balaban J connectivity index is 2.04. The van der Waals surface area contributed by atoms with Gasteiger partial charge in [-0.05, 0) is 31.2 Å². The first kappa shape index (κ1) is 13.3. The molecule has 1 aromatic carbocycles. The summed E-state index contributed by atoms with van der Waals surface area (Å²) in [5.74, 6) is 0.417. The van der Waals surface area contributed by atoms with Gasteiger partial charge < -0.3 is 10.1 Å². The molecule has 5 nitrogen and oxygen atoms in total. The third-order valence-electron chi connectivity index (χ3n) is 2.28. The molecule has 0 saturated heterocycles. The number of nitrogens with zero attached hydrogens (tertiary/aromatic N) is 2. The summed E-state index contributed by atoms with van der Waals surface area (Å²) < 4.78 is 5.31. The molecule has 1 amide bonds. The highest BCUT2D eigenvalue weighted by Gasteiger charge is 2.08. The number of carbonyl (C=O) groups is 1. The first-order valence-corrected chi connectivity index (χ1v) is 6.08. The number of rotatable bonds is 4. The van der Waals surface area contributed by atoms with Gasteiger partial charge in [-0.3, -0.25) is 4.79 Å². The molecule has 0 saturated carbocycles. The zero-order valence-electron chi connectivity index (χ0n) is 10.3. The molecule has 1 aromatic heterocycles. The van der Waals surface area contributed by atoms with E-state index in [2.05, 4.69) is 15.3 Å². The second-order valence-electron chi connectivity index (χ2n) is 3.64. The molecule has 0 unspecified atom stereocenters. The molecule has 0 spiro atoms. The summed E-state index contributed by atoms with van der Waals surface area (Å²) in [6.07, 6.45) is 2.65. The van der Waals surface area contributed by atoms with Gasteiger partial charge in [0.05, 0.1) is 19.0 Å². The van der Waals surface area contributed by atoms with Crippen LogP contribution in [0.1, 0.15) is 17.4 Å². The molecule has 6 heteroatoms. The fourth-order valence-electron chi connectivity index (χ4n) is 1.43. The van der Waals surface area contributed by atoms with Crippen molar-refractivity contribution in [3.63, 3.8) is 0 Å². The van der Waals surface area contributed by atoms with Gasteiger partial charge in [0, 0.05) is 5.69 Å². The van der Waals surface area contributed by atoms with Crippen LogP contribution in [-0.2, 0) is 0 Å². The van der Waals surface area contributed by atoms with E-state index < -0.39 is 0 Å². The van der Waals surface area contributed by atoms with Gasteiger partial charge in [0.25, 0.3) is 5.91 Å². The number of ether oxygens (including phenoxy) is 1. The van der Waals surface area contributed by atoms with Gasteiger partial charge in [0.1, 0.15) is 16.6 Å². The minimum absolute atomic E-state index is 0.207. The summed E-state index contributed by atoms with van der Waals surface area (Å²) >= 11 is 5.60. The Kier molecular flexibility index (Phi) is 4.30. The number of benzene rings is 1. The molecule has 2 rings (SSSR count). The second-order valence-corrected chi connectivity index (χ2v) is 4.02. The summed E-state index contributed by atoms with van der Waals surface area (Å²) in [6, 6.07) is 7.08. The molecule has 19 heavy (non-hydrogen) atoms. The lowest BCUT2D eigenvalue weighted by Crippen LogP contribution is -2.13. The molecule has 0 aliphatic carbocycles. The van der Waals surface area contributed by atoms with Crippen molar-refractivity contribution in [2.45, 2.75) is 6.92 Å². The summed E-state index contributed by atoms with van der Waals surface area (Å²) in [7, 11) is 0. The van der Waals surface area contributed by atoms with Crippen molar-refractivity contribution < 1.29 is 9.53 Å². The van der Waals surface area contributed by atoms with Gasteiger partial charge in [-0.2, -0.15) is 0 Å².